The van der Waals surface area contributed by atoms with Gasteiger partial charge in [0.15, 0.2) is 0 Å². The van der Waals surface area contributed by atoms with E-state index < -0.39 is 0 Å². The number of nitrogens with zero attached hydrogens (tertiary/aromatic N) is 1. The van der Waals surface area contributed by atoms with Gasteiger partial charge in [-0.05, 0) is 38.8 Å². The number of hydrogen-bond acceptors (Lipinski definition) is 2. The SMILES string of the molecule is CN1CCC(CNC(=O)C2CCCC2)C1. The highest BCUT2D eigenvalue weighted by Crippen LogP contribution is 2.24. The highest BCUT2D eigenvalue weighted by atomic mass is 16.1. The lowest BCUT2D eigenvalue weighted by molar-refractivity contribution is -0.124. The number of rotatable bonds is 3. The first-order valence-corrected chi connectivity index (χ1v) is 6.22. The van der Waals surface area contributed by atoms with Crippen molar-refractivity contribution >= 4 is 5.91 Å². The van der Waals surface area contributed by atoms with Crippen LogP contribution in [0.4, 0.5) is 0 Å². The number of amides is 1. The van der Waals surface area contributed by atoms with Gasteiger partial charge in [-0.15, -0.1) is 0 Å². The molecule has 0 aromatic heterocycles. The van der Waals surface area contributed by atoms with Crippen molar-refractivity contribution in [3.63, 3.8) is 0 Å². The van der Waals surface area contributed by atoms with Crippen LogP contribution in [-0.2, 0) is 4.79 Å². The van der Waals surface area contributed by atoms with Crippen LogP contribution >= 0.6 is 0 Å². The minimum atomic E-state index is 0.307. The van der Waals surface area contributed by atoms with Crippen molar-refractivity contribution in [1.29, 1.82) is 0 Å². The fourth-order valence-electron chi connectivity index (χ4n) is 2.77. The molecule has 3 nitrogen and oxygen atoms in total. The van der Waals surface area contributed by atoms with Crippen LogP contribution < -0.4 is 5.32 Å². The number of carbonyl (C=O) groups is 1. The van der Waals surface area contributed by atoms with Crippen LogP contribution in [0.3, 0.4) is 0 Å². The first kappa shape index (κ1) is 10.9. The summed E-state index contributed by atoms with van der Waals surface area (Å²) in [6.07, 6.45) is 5.93. The van der Waals surface area contributed by atoms with Crippen LogP contribution in [0, 0.1) is 11.8 Å². The van der Waals surface area contributed by atoms with Crippen LogP contribution in [0.1, 0.15) is 32.1 Å². The average molecular weight is 210 g/mol. The van der Waals surface area contributed by atoms with Gasteiger partial charge in [-0.1, -0.05) is 12.8 Å². The summed E-state index contributed by atoms with van der Waals surface area (Å²) in [5.74, 6) is 1.31. The molecule has 2 rings (SSSR count). The molecule has 2 aliphatic rings. The third-order valence-corrected chi connectivity index (χ3v) is 3.78. The summed E-state index contributed by atoms with van der Waals surface area (Å²) in [6.45, 7) is 3.22. The van der Waals surface area contributed by atoms with Crippen molar-refractivity contribution in [1.82, 2.24) is 10.2 Å². The Bertz CT molecular complexity index is 224. The lowest BCUT2D eigenvalue weighted by Gasteiger charge is -2.14. The Labute approximate surface area is 92.2 Å². The van der Waals surface area contributed by atoms with E-state index in [4.69, 9.17) is 0 Å². The zero-order valence-electron chi connectivity index (χ0n) is 9.67. The molecule has 0 bridgehead atoms. The van der Waals surface area contributed by atoms with Gasteiger partial charge in [0.2, 0.25) is 5.91 Å². The molecule has 0 aromatic rings. The molecule has 15 heavy (non-hydrogen) atoms. The predicted octanol–water partition coefficient (Wildman–Crippen LogP) is 1.24. The molecule has 1 amide bonds. The zero-order valence-corrected chi connectivity index (χ0v) is 9.67. The standard InChI is InChI=1S/C12H22N2O/c1-14-7-6-10(9-14)8-13-12(15)11-4-2-3-5-11/h10-11H,2-9H2,1H3,(H,13,15). The second-order valence-corrected chi connectivity index (χ2v) is 5.14. The molecule has 1 N–H and O–H groups in total. The maximum Gasteiger partial charge on any atom is 0.223 e. The molecule has 0 aromatic carbocycles. The van der Waals surface area contributed by atoms with E-state index in [-0.39, 0.29) is 0 Å². The molecule has 0 spiro atoms. The molecule has 1 heterocycles. The number of likely N-dealkylation sites (tertiary alicyclic amines) is 1. The normalized spacial score (nSPS) is 28.5. The van der Waals surface area contributed by atoms with Gasteiger partial charge in [0.05, 0.1) is 0 Å². The smallest absolute Gasteiger partial charge is 0.223 e. The first-order valence-electron chi connectivity index (χ1n) is 6.22. The van der Waals surface area contributed by atoms with Crippen molar-refractivity contribution in [3.05, 3.63) is 0 Å². The summed E-state index contributed by atoms with van der Waals surface area (Å²) in [5.41, 5.74) is 0. The van der Waals surface area contributed by atoms with Gasteiger partial charge in [-0.25, -0.2) is 0 Å². The van der Waals surface area contributed by atoms with Crippen LogP contribution in [0.15, 0.2) is 0 Å². The monoisotopic (exact) mass is 210 g/mol. The molecule has 1 aliphatic heterocycles. The van der Waals surface area contributed by atoms with E-state index in [1.165, 1.54) is 25.8 Å². The molecule has 0 radical (unpaired) electrons. The summed E-state index contributed by atoms with van der Waals surface area (Å²) in [5, 5.41) is 3.12. The number of carbonyl (C=O) groups excluding carboxylic acids is 1. The summed E-state index contributed by atoms with van der Waals surface area (Å²) >= 11 is 0. The topological polar surface area (TPSA) is 32.3 Å². The minimum Gasteiger partial charge on any atom is -0.356 e. The Hall–Kier alpha value is -0.570. The molecule has 1 saturated carbocycles. The average Bonchev–Trinajstić information content (AvgIpc) is 2.84. The Morgan fingerprint density at radius 1 is 1.33 bits per heavy atom. The van der Waals surface area contributed by atoms with Crippen molar-refractivity contribution in [2.24, 2.45) is 11.8 Å². The van der Waals surface area contributed by atoms with Crippen molar-refractivity contribution in [2.45, 2.75) is 32.1 Å². The van der Waals surface area contributed by atoms with Gasteiger partial charge in [0, 0.05) is 19.0 Å². The molecule has 1 saturated heterocycles. The van der Waals surface area contributed by atoms with Crippen molar-refractivity contribution in [3.8, 4) is 0 Å². The molecule has 1 atom stereocenters. The van der Waals surface area contributed by atoms with Gasteiger partial charge in [-0.2, -0.15) is 0 Å². The third-order valence-electron chi connectivity index (χ3n) is 3.78. The van der Waals surface area contributed by atoms with Gasteiger partial charge in [0.1, 0.15) is 0 Å². The fourth-order valence-corrected chi connectivity index (χ4v) is 2.77. The lowest BCUT2D eigenvalue weighted by Crippen LogP contribution is -2.34. The molecule has 2 fully saturated rings. The maximum absolute atomic E-state index is 11.8. The first-order chi connectivity index (χ1) is 7.25. The molecule has 1 aliphatic carbocycles. The summed E-state index contributed by atoms with van der Waals surface area (Å²) in [6, 6.07) is 0. The van der Waals surface area contributed by atoms with E-state index in [9.17, 15) is 4.79 Å². The van der Waals surface area contributed by atoms with Crippen LogP contribution in [0.5, 0.6) is 0 Å². The maximum atomic E-state index is 11.8. The lowest BCUT2D eigenvalue weighted by atomic mass is 10.1. The third kappa shape index (κ3) is 2.94. The van der Waals surface area contributed by atoms with E-state index in [1.807, 2.05) is 0 Å². The second kappa shape index (κ2) is 4.97. The molecular formula is C12H22N2O. The zero-order chi connectivity index (χ0) is 10.7. The van der Waals surface area contributed by atoms with Crippen molar-refractivity contribution < 1.29 is 4.79 Å². The Balaban J connectivity index is 1.66. The van der Waals surface area contributed by atoms with Gasteiger partial charge >= 0.3 is 0 Å². The summed E-state index contributed by atoms with van der Waals surface area (Å²) in [7, 11) is 2.15. The van der Waals surface area contributed by atoms with E-state index >= 15 is 0 Å². The fraction of sp³-hybridized carbons (Fsp3) is 0.917. The predicted molar refractivity (Wildman–Crippen MR) is 60.6 cm³/mol. The Kier molecular flexibility index (Phi) is 3.62. The van der Waals surface area contributed by atoms with Gasteiger partial charge < -0.3 is 10.2 Å². The second-order valence-electron chi connectivity index (χ2n) is 5.14. The van der Waals surface area contributed by atoms with Gasteiger partial charge in [0.25, 0.3) is 0 Å². The number of hydrogen-bond donors (Lipinski definition) is 1. The molecule has 86 valence electrons. The highest BCUT2D eigenvalue weighted by Gasteiger charge is 2.24. The van der Waals surface area contributed by atoms with Crippen LogP contribution in [-0.4, -0.2) is 37.5 Å². The Morgan fingerprint density at radius 2 is 2.07 bits per heavy atom. The number of nitrogens with one attached hydrogen (secondary N) is 1. The Morgan fingerprint density at radius 3 is 2.67 bits per heavy atom. The van der Waals surface area contributed by atoms with Crippen molar-refractivity contribution in [2.75, 3.05) is 26.7 Å². The summed E-state index contributed by atoms with van der Waals surface area (Å²) in [4.78, 5) is 14.1. The van der Waals surface area contributed by atoms with E-state index in [1.54, 1.807) is 0 Å². The van der Waals surface area contributed by atoms with E-state index in [2.05, 4.69) is 17.3 Å². The van der Waals surface area contributed by atoms with E-state index in [0.717, 1.165) is 25.9 Å². The van der Waals surface area contributed by atoms with Gasteiger partial charge in [-0.3, -0.25) is 4.79 Å². The quantitative estimate of drug-likeness (QED) is 0.760. The molecular weight excluding hydrogens is 188 g/mol. The van der Waals surface area contributed by atoms with E-state index in [0.29, 0.717) is 17.7 Å². The minimum absolute atomic E-state index is 0.307. The van der Waals surface area contributed by atoms with Crippen LogP contribution in [0.2, 0.25) is 0 Å². The van der Waals surface area contributed by atoms with Crippen LogP contribution in [0.25, 0.3) is 0 Å². The highest BCUT2D eigenvalue weighted by molar-refractivity contribution is 5.78. The molecule has 3 heteroatoms. The largest absolute Gasteiger partial charge is 0.356 e. The molecule has 1 unspecified atom stereocenters. The summed E-state index contributed by atoms with van der Waals surface area (Å²) < 4.78 is 0.